The molecule has 0 amide bonds. The summed E-state index contributed by atoms with van der Waals surface area (Å²) in [7, 11) is 0. The molecule has 0 atom stereocenters. The van der Waals surface area contributed by atoms with Crippen LogP contribution in [0.4, 0.5) is 0 Å². The number of aromatic amines is 1. The Morgan fingerprint density at radius 1 is 1.11 bits per heavy atom. The molecule has 1 aromatic carbocycles. The zero-order valence-corrected chi connectivity index (χ0v) is 12.0. The van der Waals surface area contributed by atoms with E-state index in [9.17, 15) is 4.79 Å². The van der Waals surface area contributed by atoms with Gasteiger partial charge in [-0.2, -0.15) is 0 Å². The average Bonchev–Trinajstić information content (AvgIpc) is 2.34. The molecule has 19 heavy (non-hydrogen) atoms. The van der Waals surface area contributed by atoms with Gasteiger partial charge < -0.3 is 4.98 Å². The van der Waals surface area contributed by atoms with Crippen molar-refractivity contribution in [1.82, 2.24) is 4.98 Å². The number of hydrogen-bond acceptors (Lipinski definition) is 1. The van der Waals surface area contributed by atoms with Crippen molar-refractivity contribution in [3.63, 3.8) is 0 Å². The fraction of sp³-hybridized carbons (Fsp3) is 0.312. The van der Waals surface area contributed by atoms with Crippen molar-refractivity contribution in [2.75, 3.05) is 0 Å². The maximum Gasteiger partial charge on any atom is 0.251 e. The highest BCUT2D eigenvalue weighted by Crippen LogP contribution is 2.17. The SMILES string of the molecule is CC(C)Cc1ccc(Cc2ccccc2Cl)c(=O)[nH]1. The number of benzene rings is 1. The molecule has 0 aliphatic carbocycles. The van der Waals surface area contributed by atoms with Gasteiger partial charge in [-0.15, -0.1) is 0 Å². The van der Waals surface area contributed by atoms with Gasteiger partial charge in [-0.25, -0.2) is 0 Å². The summed E-state index contributed by atoms with van der Waals surface area (Å²) in [6.07, 6.45) is 1.46. The summed E-state index contributed by atoms with van der Waals surface area (Å²) < 4.78 is 0. The standard InChI is InChI=1S/C16H18ClNO/c1-11(2)9-14-8-7-13(16(19)18-14)10-12-5-3-4-6-15(12)17/h3-8,11H,9-10H2,1-2H3,(H,18,19). The zero-order chi connectivity index (χ0) is 13.8. The van der Waals surface area contributed by atoms with E-state index in [0.717, 1.165) is 23.2 Å². The molecule has 2 nitrogen and oxygen atoms in total. The molecule has 0 aliphatic rings. The van der Waals surface area contributed by atoms with Crippen LogP contribution < -0.4 is 5.56 Å². The summed E-state index contributed by atoms with van der Waals surface area (Å²) >= 11 is 6.11. The Labute approximate surface area is 118 Å². The van der Waals surface area contributed by atoms with E-state index >= 15 is 0 Å². The molecule has 0 unspecified atom stereocenters. The number of hydrogen-bond donors (Lipinski definition) is 1. The molecule has 0 spiro atoms. The van der Waals surface area contributed by atoms with E-state index < -0.39 is 0 Å². The Hall–Kier alpha value is -1.54. The second kappa shape index (κ2) is 6.07. The van der Waals surface area contributed by atoms with Crippen LogP contribution in [-0.2, 0) is 12.8 Å². The van der Waals surface area contributed by atoms with Crippen LogP contribution in [-0.4, -0.2) is 4.98 Å². The van der Waals surface area contributed by atoms with Crippen LogP contribution >= 0.6 is 11.6 Å². The number of rotatable bonds is 4. The van der Waals surface area contributed by atoms with E-state index in [4.69, 9.17) is 11.6 Å². The van der Waals surface area contributed by atoms with Gasteiger partial charge in [0.1, 0.15) is 0 Å². The Kier molecular flexibility index (Phi) is 4.43. The van der Waals surface area contributed by atoms with Gasteiger partial charge in [0.15, 0.2) is 0 Å². The van der Waals surface area contributed by atoms with Gasteiger partial charge in [0.2, 0.25) is 0 Å². The Bertz CT molecular complexity index is 616. The Balaban J connectivity index is 2.23. The van der Waals surface area contributed by atoms with Crippen LogP contribution in [0.3, 0.4) is 0 Å². The molecule has 0 radical (unpaired) electrons. The molecular formula is C16H18ClNO. The third kappa shape index (κ3) is 3.71. The predicted octanol–water partition coefficient (Wildman–Crippen LogP) is 3.82. The van der Waals surface area contributed by atoms with E-state index in [0.29, 0.717) is 17.4 Å². The molecule has 1 heterocycles. The smallest absolute Gasteiger partial charge is 0.251 e. The van der Waals surface area contributed by atoms with Crippen molar-refractivity contribution in [3.05, 3.63) is 68.6 Å². The van der Waals surface area contributed by atoms with E-state index in [1.54, 1.807) is 0 Å². The molecule has 2 aromatic rings. The van der Waals surface area contributed by atoms with E-state index in [1.807, 2.05) is 36.4 Å². The molecule has 100 valence electrons. The van der Waals surface area contributed by atoms with Crippen molar-refractivity contribution in [1.29, 1.82) is 0 Å². The first-order chi connectivity index (χ1) is 9.06. The molecule has 1 aromatic heterocycles. The van der Waals surface area contributed by atoms with Crippen LogP contribution in [0.15, 0.2) is 41.2 Å². The molecule has 2 rings (SSSR count). The number of aromatic nitrogens is 1. The molecule has 0 bridgehead atoms. The second-order valence-corrected chi connectivity index (χ2v) is 5.61. The number of H-pyrrole nitrogens is 1. The molecule has 0 fully saturated rings. The maximum atomic E-state index is 12.0. The number of nitrogens with one attached hydrogen (secondary N) is 1. The summed E-state index contributed by atoms with van der Waals surface area (Å²) in [6.45, 7) is 4.27. The largest absolute Gasteiger partial charge is 0.326 e. The quantitative estimate of drug-likeness (QED) is 0.904. The van der Waals surface area contributed by atoms with Crippen LogP contribution in [0.25, 0.3) is 0 Å². The highest BCUT2D eigenvalue weighted by molar-refractivity contribution is 6.31. The number of halogens is 1. The summed E-state index contributed by atoms with van der Waals surface area (Å²) in [6, 6.07) is 11.5. The molecule has 0 aliphatic heterocycles. The first-order valence-corrected chi connectivity index (χ1v) is 6.88. The van der Waals surface area contributed by atoms with E-state index in [1.165, 1.54) is 0 Å². The van der Waals surface area contributed by atoms with Crippen molar-refractivity contribution in [2.24, 2.45) is 5.92 Å². The third-order valence-electron chi connectivity index (χ3n) is 3.02. The highest BCUT2D eigenvalue weighted by Gasteiger charge is 2.06. The Morgan fingerprint density at radius 2 is 1.84 bits per heavy atom. The lowest BCUT2D eigenvalue weighted by molar-refractivity contribution is 0.633. The van der Waals surface area contributed by atoms with Crippen LogP contribution in [0.5, 0.6) is 0 Å². The van der Waals surface area contributed by atoms with Gasteiger partial charge in [-0.1, -0.05) is 49.7 Å². The third-order valence-corrected chi connectivity index (χ3v) is 3.39. The summed E-state index contributed by atoms with van der Waals surface area (Å²) in [5.74, 6) is 0.532. The predicted molar refractivity (Wildman–Crippen MR) is 79.9 cm³/mol. The zero-order valence-electron chi connectivity index (χ0n) is 11.2. The van der Waals surface area contributed by atoms with Gasteiger partial charge in [-0.05, 0) is 30.0 Å². The first kappa shape index (κ1) is 13.9. The van der Waals surface area contributed by atoms with Crippen molar-refractivity contribution < 1.29 is 0 Å². The second-order valence-electron chi connectivity index (χ2n) is 5.20. The maximum absolute atomic E-state index is 12.0. The van der Waals surface area contributed by atoms with Gasteiger partial charge in [0, 0.05) is 22.7 Å². The summed E-state index contributed by atoms with van der Waals surface area (Å²) in [5.41, 5.74) is 2.70. The lowest BCUT2D eigenvalue weighted by Crippen LogP contribution is -2.15. The van der Waals surface area contributed by atoms with Gasteiger partial charge in [0.05, 0.1) is 0 Å². The average molecular weight is 276 g/mol. The van der Waals surface area contributed by atoms with Gasteiger partial charge in [0.25, 0.3) is 5.56 Å². The lowest BCUT2D eigenvalue weighted by atomic mass is 10.0. The van der Waals surface area contributed by atoms with E-state index in [-0.39, 0.29) is 5.56 Å². The fourth-order valence-electron chi connectivity index (χ4n) is 2.09. The monoisotopic (exact) mass is 275 g/mol. The lowest BCUT2D eigenvalue weighted by Gasteiger charge is -2.07. The molecule has 0 saturated heterocycles. The molecule has 0 saturated carbocycles. The highest BCUT2D eigenvalue weighted by atomic mass is 35.5. The minimum absolute atomic E-state index is 0.0157. The van der Waals surface area contributed by atoms with Gasteiger partial charge >= 0.3 is 0 Å². The van der Waals surface area contributed by atoms with Crippen molar-refractivity contribution in [2.45, 2.75) is 26.7 Å². The van der Waals surface area contributed by atoms with E-state index in [2.05, 4.69) is 18.8 Å². The van der Waals surface area contributed by atoms with Crippen molar-refractivity contribution in [3.8, 4) is 0 Å². The molecule has 1 N–H and O–H groups in total. The Morgan fingerprint density at radius 3 is 2.47 bits per heavy atom. The van der Waals surface area contributed by atoms with Crippen molar-refractivity contribution >= 4 is 11.6 Å². The minimum atomic E-state index is -0.0157. The minimum Gasteiger partial charge on any atom is -0.326 e. The molecular weight excluding hydrogens is 258 g/mol. The number of pyridine rings is 1. The first-order valence-electron chi connectivity index (χ1n) is 6.50. The van der Waals surface area contributed by atoms with Crippen LogP contribution in [0.1, 0.15) is 30.7 Å². The fourth-order valence-corrected chi connectivity index (χ4v) is 2.29. The van der Waals surface area contributed by atoms with Crippen LogP contribution in [0.2, 0.25) is 5.02 Å². The topological polar surface area (TPSA) is 32.9 Å². The summed E-state index contributed by atoms with van der Waals surface area (Å²) in [4.78, 5) is 15.0. The normalized spacial score (nSPS) is 10.9. The van der Waals surface area contributed by atoms with Gasteiger partial charge in [-0.3, -0.25) is 4.79 Å². The summed E-state index contributed by atoms with van der Waals surface area (Å²) in [5, 5.41) is 0.702. The molecule has 3 heteroatoms. The van der Waals surface area contributed by atoms with Crippen LogP contribution in [0, 0.1) is 5.92 Å².